The molecular formula is C12H11BrN2O2S. The van der Waals surface area contributed by atoms with Gasteiger partial charge in [-0.1, -0.05) is 21.1 Å². The highest BCUT2D eigenvalue weighted by Crippen LogP contribution is 2.32. The zero-order valence-electron chi connectivity index (χ0n) is 9.41. The molecule has 1 N–H and O–H groups in total. The number of hydrogen-bond donors (Lipinski definition) is 1. The molecule has 3 rings (SSSR count). The lowest BCUT2D eigenvalue weighted by Crippen LogP contribution is -2.15. The Morgan fingerprint density at radius 1 is 1.28 bits per heavy atom. The third-order valence-electron chi connectivity index (χ3n) is 2.91. The lowest BCUT2D eigenvalue weighted by molar-refractivity contribution is 0.164. The second-order valence-corrected chi connectivity index (χ2v) is 6.17. The van der Waals surface area contributed by atoms with Crippen LogP contribution in [0.25, 0.3) is 11.4 Å². The van der Waals surface area contributed by atoms with Crippen LogP contribution < -0.4 is 0 Å². The number of nitrogens with zero attached hydrogens (tertiary/aromatic N) is 2. The first-order chi connectivity index (χ1) is 8.74. The van der Waals surface area contributed by atoms with Crippen molar-refractivity contribution in [2.75, 3.05) is 11.5 Å². The smallest absolute Gasteiger partial charge is 0.233 e. The monoisotopic (exact) mass is 326 g/mol. The minimum Gasteiger partial charge on any atom is -0.391 e. The highest BCUT2D eigenvalue weighted by atomic mass is 79.9. The Morgan fingerprint density at radius 2 is 2.06 bits per heavy atom. The van der Waals surface area contributed by atoms with E-state index in [9.17, 15) is 5.11 Å². The summed E-state index contributed by atoms with van der Waals surface area (Å²) in [5, 5.41) is 13.8. The van der Waals surface area contributed by atoms with Crippen molar-refractivity contribution >= 4 is 27.7 Å². The van der Waals surface area contributed by atoms with Gasteiger partial charge in [0.2, 0.25) is 11.7 Å². The zero-order valence-corrected chi connectivity index (χ0v) is 11.8. The summed E-state index contributed by atoms with van der Waals surface area (Å²) >= 11 is 5.09. The van der Waals surface area contributed by atoms with Crippen molar-refractivity contribution in [3.05, 3.63) is 34.6 Å². The zero-order chi connectivity index (χ0) is 12.5. The Kier molecular flexibility index (Phi) is 3.41. The molecule has 1 aliphatic rings. The van der Waals surface area contributed by atoms with Crippen LogP contribution >= 0.6 is 27.7 Å². The molecule has 1 saturated heterocycles. The number of thioether (sulfide) groups is 1. The topological polar surface area (TPSA) is 59.2 Å². The molecule has 0 spiro atoms. The Balaban J connectivity index is 1.87. The lowest BCUT2D eigenvalue weighted by Gasteiger charge is -2.06. The molecule has 94 valence electrons. The predicted molar refractivity (Wildman–Crippen MR) is 73.5 cm³/mol. The molecule has 0 bridgehead atoms. The predicted octanol–water partition coefficient (Wildman–Crippen LogP) is 2.69. The van der Waals surface area contributed by atoms with Crippen molar-refractivity contribution in [3.63, 3.8) is 0 Å². The van der Waals surface area contributed by atoms with Crippen LogP contribution in [0, 0.1) is 0 Å². The molecule has 0 saturated carbocycles. The van der Waals surface area contributed by atoms with Crippen LogP contribution in [0.2, 0.25) is 0 Å². The van der Waals surface area contributed by atoms with Gasteiger partial charge in [0.25, 0.3) is 0 Å². The van der Waals surface area contributed by atoms with Crippen LogP contribution in [-0.2, 0) is 0 Å². The second-order valence-electron chi connectivity index (χ2n) is 4.17. The molecule has 1 aromatic carbocycles. The van der Waals surface area contributed by atoms with Crippen molar-refractivity contribution in [3.8, 4) is 11.4 Å². The Bertz CT molecular complexity index is 543. The molecule has 6 heteroatoms. The summed E-state index contributed by atoms with van der Waals surface area (Å²) in [5.41, 5.74) is 0.910. The molecule has 0 amide bonds. The molecule has 4 nitrogen and oxygen atoms in total. The van der Waals surface area contributed by atoms with Crippen molar-refractivity contribution < 1.29 is 9.63 Å². The molecule has 0 aliphatic carbocycles. The van der Waals surface area contributed by atoms with Gasteiger partial charge in [-0.3, -0.25) is 0 Å². The third kappa shape index (κ3) is 2.32. The summed E-state index contributed by atoms with van der Waals surface area (Å²) in [7, 11) is 0. The normalized spacial score (nSPS) is 23.4. The molecule has 1 aliphatic heterocycles. The van der Waals surface area contributed by atoms with Gasteiger partial charge >= 0.3 is 0 Å². The Hall–Kier alpha value is -0.850. The van der Waals surface area contributed by atoms with Crippen LogP contribution in [-0.4, -0.2) is 32.9 Å². The summed E-state index contributed by atoms with van der Waals surface area (Å²) in [5.74, 6) is 2.64. The highest BCUT2D eigenvalue weighted by Gasteiger charge is 2.32. The van der Waals surface area contributed by atoms with Crippen LogP contribution in [0.4, 0.5) is 0 Å². The first-order valence-electron chi connectivity index (χ1n) is 5.59. The Morgan fingerprint density at radius 3 is 2.72 bits per heavy atom. The largest absolute Gasteiger partial charge is 0.391 e. The third-order valence-corrected chi connectivity index (χ3v) is 4.61. The molecule has 1 aromatic heterocycles. The summed E-state index contributed by atoms with van der Waals surface area (Å²) in [6.45, 7) is 0. The maximum atomic E-state index is 9.80. The van der Waals surface area contributed by atoms with Crippen molar-refractivity contribution in [2.24, 2.45) is 0 Å². The number of hydrogen-bond acceptors (Lipinski definition) is 5. The van der Waals surface area contributed by atoms with Gasteiger partial charge in [0.05, 0.1) is 12.0 Å². The standard InChI is InChI=1S/C12H11BrN2O2S/c13-8-3-1-7(2-4-8)11-14-12(17-15-11)9-5-18-6-10(9)16/h1-4,9-10,16H,5-6H2. The van der Waals surface area contributed by atoms with Crippen LogP contribution in [0.3, 0.4) is 0 Å². The number of aliphatic hydroxyl groups excluding tert-OH is 1. The van der Waals surface area contributed by atoms with Gasteiger partial charge in [-0.2, -0.15) is 16.7 Å². The fraction of sp³-hybridized carbons (Fsp3) is 0.333. The molecule has 2 atom stereocenters. The Labute approximate surface area is 117 Å². The van der Waals surface area contributed by atoms with E-state index in [2.05, 4.69) is 26.1 Å². The van der Waals surface area contributed by atoms with Gasteiger partial charge in [0.1, 0.15) is 0 Å². The SMILES string of the molecule is OC1CSCC1c1nc(-c2ccc(Br)cc2)no1. The summed E-state index contributed by atoms with van der Waals surface area (Å²) in [6, 6.07) is 7.73. The molecule has 1 fully saturated rings. The van der Waals surface area contributed by atoms with E-state index in [0.717, 1.165) is 21.5 Å². The van der Waals surface area contributed by atoms with E-state index in [1.165, 1.54) is 0 Å². The number of rotatable bonds is 2. The van der Waals surface area contributed by atoms with Gasteiger partial charge in [-0.05, 0) is 24.3 Å². The molecule has 2 unspecified atom stereocenters. The van der Waals surface area contributed by atoms with E-state index < -0.39 is 0 Å². The van der Waals surface area contributed by atoms with Crippen molar-refractivity contribution in [1.82, 2.24) is 10.1 Å². The lowest BCUT2D eigenvalue weighted by atomic mass is 10.1. The summed E-state index contributed by atoms with van der Waals surface area (Å²) in [6.07, 6.45) is -0.381. The highest BCUT2D eigenvalue weighted by molar-refractivity contribution is 9.10. The number of aliphatic hydroxyl groups is 1. The van der Waals surface area contributed by atoms with Crippen molar-refractivity contribution in [1.29, 1.82) is 0 Å². The number of halogens is 1. The van der Waals surface area contributed by atoms with E-state index in [1.807, 2.05) is 24.3 Å². The van der Waals surface area contributed by atoms with Crippen molar-refractivity contribution in [2.45, 2.75) is 12.0 Å². The van der Waals surface area contributed by atoms with Crippen LogP contribution in [0.15, 0.2) is 33.3 Å². The van der Waals surface area contributed by atoms with E-state index in [-0.39, 0.29) is 12.0 Å². The van der Waals surface area contributed by atoms with Gasteiger partial charge in [-0.15, -0.1) is 0 Å². The summed E-state index contributed by atoms with van der Waals surface area (Å²) < 4.78 is 6.27. The quantitative estimate of drug-likeness (QED) is 0.919. The van der Waals surface area contributed by atoms with Gasteiger partial charge in [0.15, 0.2) is 0 Å². The first-order valence-corrected chi connectivity index (χ1v) is 7.54. The average Bonchev–Trinajstić information content (AvgIpc) is 2.98. The van der Waals surface area contributed by atoms with Gasteiger partial charge < -0.3 is 9.63 Å². The van der Waals surface area contributed by atoms with Gasteiger partial charge in [-0.25, -0.2) is 0 Å². The average molecular weight is 327 g/mol. The molecular weight excluding hydrogens is 316 g/mol. The van der Waals surface area contributed by atoms with E-state index in [1.54, 1.807) is 11.8 Å². The minimum atomic E-state index is -0.381. The van der Waals surface area contributed by atoms with E-state index >= 15 is 0 Å². The number of aromatic nitrogens is 2. The first kappa shape index (κ1) is 12.2. The van der Waals surface area contributed by atoms with Crippen LogP contribution in [0.5, 0.6) is 0 Å². The maximum Gasteiger partial charge on any atom is 0.233 e. The van der Waals surface area contributed by atoms with E-state index in [4.69, 9.17) is 4.52 Å². The summed E-state index contributed by atoms with van der Waals surface area (Å²) in [4.78, 5) is 4.38. The number of benzene rings is 1. The van der Waals surface area contributed by atoms with E-state index in [0.29, 0.717) is 11.7 Å². The van der Waals surface area contributed by atoms with Crippen LogP contribution in [0.1, 0.15) is 11.8 Å². The molecule has 2 aromatic rings. The maximum absolute atomic E-state index is 9.80. The minimum absolute atomic E-state index is 0.0355. The fourth-order valence-corrected chi connectivity index (χ4v) is 3.37. The second kappa shape index (κ2) is 5.03. The fourth-order valence-electron chi connectivity index (χ4n) is 1.88. The van der Waals surface area contributed by atoms with Gasteiger partial charge in [0, 0.05) is 21.5 Å². The molecule has 0 radical (unpaired) electrons. The molecule has 2 heterocycles. The molecule has 18 heavy (non-hydrogen) atoms.